The molecule has 1 rings (SSSR count). The average Bonchev–Trinajstić information content (AvgIpc) is 2.45. The third-order valence-corrected chi connectivity index (χ3v) is 4.00. The van der Waals surface area contributed by atoms with Crippen molar-refractivity contribution in [1.29, 1.82) is 5.26 Å². The van der Waals surface area contributed by atoms with Crippen LogP contribution >= 0.6 is 0 Å². The third kappa shape index (κ3) is 4.59. The van der Waals surface area contributed by atoms with Crippen LogP contribution in [0.25, 0.3) is 0 Å². The first-order chi connectivity index (χ1) is 10.4. The SMILES string of the molecule is CCCN(CCC)C(=O)C(C#N)Cc1c(C)cc(C)cc1C. The van der Waals surface area contributed by atoms with Gasteiger partial charge in [-0.3, -0.25) is 4.79 Å². The van der Waals surface area contributed by atoms with E-state index in [1.54, 1.807) is 0 Å². The molecular weight excluding hydrogens is 272 g/mol. The molecule has 1 aromatic rings. The van der Waals surface area contributed by atoms with E-state index >= 15 is 0 Å². The fourth-order valence-corrected chi connectivity index (χ4v) is 3.02. The van der Waals surface area contributed by atoms with Crippen LogP contribution in [-0.2, 0) is 11.2 Å². The molecule has 0 heterocycles. The highest BCUT2D eigenvalue weighted by Gasteiger charge is 2.24. The van der Waals surface area contributed by atoms with E-state index in [0.717, 1.165) is 31.5 Å². The number of hydrogen-bond donors (Lipinski definition) is 0. The van der Waals surface area contributed by atoms with E-state index < -0.39 is 5.92 Å². The van der Waals surface area contributed by atoms with Crippen LogP contribution in [0.3, 0.4) is 0 Å². The number of amides is 1. The van der Waals surface area contributed by atoms with Gasteiger partial charge in [-0.1, -0.05) is 31.5 Å². The summed E-state index contributed by atoms with van der Waals surface area (Å²) in [5.74, 6) is -0.608. The van der Waals surface area contributed by atoms with Gasteiger partial charge in [0.15, 0.2) is 0 Å². The summed E-state index contributed by atoms with van der Waals surface area (Å²) in [6, 6.07) is 6.47. The topological polar surface area (TPSA) is 44.1 Å². The minimum Gasteiger partial charge on any atom is -0.342 e. The van der Waals surface area contributed by atoms with Gasteiger partial charge in [-0.2, -0.15) is 5.26 Å². The Labute approximate surface area is 134 Å². The van der Waals surface area contributed by atoms with Gasteiger partial charge in [0.25, 0.3) is 0 Å². The van der Waals surface area contributed by atoms with E-state index in [1.165, 1.54) is 16.7 Å². The molecule has 0 fully saturated rings. The Kier molecular flexibility index (Phi) is 7.11. The lowest BCUT2D eigenvalue weighted by atomic mass is 9.91. The molecule has 0 saturated heterocycles. The maximum absolute atomic E-state index is 12.7. The second-order valence-corrected chi connectivity index (χ2v) is 6.09. The van der Waals surface area contributed by atoms with Crippen molar-refractivity contribution in [3.8, 4) is 6.07 Å². The highest BCUT2D eigenvalue weighted by Crippen LogP contribution is 2.21. The van der Waals surface area contributed by atoms with Crippen LogP contribution in [0.15, 0.2) is 12.1 Å². The Morgan fingerprint density at radius 3 is 2.05 bits per heavy atom. The van der Waals surface area contributed by atoms with Crippen molar-refractivity contribution in [2.75, 3.05) is 13.1 Å². The number of aryl methyl sites for hydroxylation is 3. The van der Waals surface area contributed by atoms with Crippen LogP contribution in [0.5, 0.6) is 0 Å². The van der Waals surface area contributed by atoms with Gasteiger partial charge in [0, 0.05) is 13.1 Å². The maximum Gasteiger partial charge on any atom is 0.240 e. The van der Waals surface area contributed by atoms with Gasteiger partial charge in [0.2, 0.25) is 5.91 Å². The molecule has 0 aromatic heterocycles. The molecule has 3 nitrogen and oxygen atoms in total. The van der Waals surface area contributed by atoms with E-state index in [1.807, 2.05) is 4.90 Å². The Morgan fingerprint density at radius 2 is 1.64 bits per heavy atom. The Morgan fingerprint density at radius 1 is 1.14 bits per heavy atom. The highest BCUT2D eigenvalue weighted by molar-refractivity contribution is 5.81. The maximum atomic E-state index is 12.7. The van der Waals surface area contributed by atoms with Gasteiger partial charge >= 0.3 is 0 Å². The number of nitriles is 1. The van der Waals surface area contributed by atoms with Crippen LogP contribution in [0, 0.1) is 38.0 Å². The van der Waals surface area contributed by atoms with Gasteiger partial charge in [-0.05, 0) is 56.7 Å². The van der Waals surface area contributed by atoms with Crippen LogP contribution in [0.4, 0.5) is 0 Å². The van der Waals surface area contributed by atoms with Gasteiger partial charge < -0.3 is 4.90 Å². The van der Waals surface area contributed by atoms with Crippen LogP contribution in [-0.4, -0.2) is 23.9 Å². The van der Waals surface area contributed by atoms with Gasteiger partial charge in [0.05, 0.1) is 6.07 Å². The number of nitrogens with zero attached hydrogens (tertiary/aromatic N) is 2. The van der Waals surface area contributed by atoms with Gasteiger partial charge in [-0.25, -0.2) is 0 Å². The van der Waals surface area contributed by atoms with Crippen LogP contribution in [0.1, 0.15) is 48.9 Å². The summed E-state index contributed by atoms with van der Waals surface area (Å²) < 4.78 is 0. The molecule has 1 unspecified atom stereocenters. The largest absolute Gasteiger partial charge is 0.342 e. The molecule has 0 aliphatic heterocycles. The van der Waals surface area contributed by atoms with E-state index in [4.69, 9.17) is 0 Å². The minimum atomic E-state index is -0.585. The summed E-state index contributed by atoms with van der Waals surface area (Å²) in [6.07, 6.45) is 2.36. The lowest BCUT2D eigenvalue weighted by Gasteiger charge is -2.24. The van der Waals surface area contributed by atoms with Crippen molar-refractivity contribution in [3.63, 3.8) is 0 Å². The Hall–Kier alpha value is -1.82. The fraction of sp³-hybridized carbons (Fsp3) is 0.579. The molecule has 0 aliphatic rings. The first kappa shape index (κ1) is 18.2. The normalized spacial score (nSPS) is 11.8. The summed E-state index contributed by atoms with van der Waals surface area (Å²) in [7, 11) is 0. The van der Waals surface area contributed by atoms with E-state index in [2.05, 4.69) is 52.8 Å². The van der Waals surface area contributed by atoms with Crippen molar-refractivity contribution in [1.82, 2.24) is 4.90 Å². The molecule has 0 spiro atoms. The average molecular weight is 300 g/mol. The standard InChI is InChI=1S/C19H28N2O/c1-6-8-21(9-7-2)19(22)17(13-20)12-18-15(4)10-14(3)11-16(18)5/h10-11,17H,6-9,12H2,1-5H3. The summed E-state index contributed by atoms with van der Waals surface area (Å²) >= 11 is 0. The van der Waals surface area contributed by atoms with E-state index in [-0.39, 0.29) is 5.91 Å². The molecule has 120 valence electrons. The minimum absolute atomic E-state index is 0.0226. The van der Waals surface area contributed by atoms with E-state index in [0.29, 0.717) is 6.42 Å². The molecule has 0 aliphatic carbocycles. The fourth-order valence-electron chi connectivity index (χ4n) is 3.02. The molecule has 0 saturated carbocycles. The third-order valence-electron chi connectivity index (χ3n) is 4.00. The summed E-state index contributed by atoms with van der Waals surface area (Å²) in [5, 5.41) is 9.48. The van der Waals surface area contributed by atoms with Crippen molar-refractivity contribution >= 4 is 5.91 Å². The zero-order chi connectivity index (χ0) is 16.7. The number of hydrogen-bond acceptors (Lipinski definition) is 2. The summed E-state index contributed by atoms with van der Waals surface area (Å²) in [4.78, 5) is 14.5. The zero-order valence-corrected chi connectivity index (χ0v) is 14.6. The van der Waals surface area contributed by atoms with Crippen molar-refractivity contribution in [2.45, 2.75) is 53.9 Å². The van der Waals surface area contributed by atoms with Crippen molar-refractivity contribution in [3.05, 3.63) is 34.4 Å². The molecule has 1 amide bonds. The van der Waals surface area contributed by atoms with Gasteiger partial charge in [-0.15, -0.1) is 0 Å². The summed E-state index contributed by atoms with van der Waals surface area (Å²) in [5.41, 5.74) is 4.70. The lowest BCUT2D eigenvalue weighted by molar-refractivity contribution is -0.133. The number of benzene rings is 1. The van der Waals surface area contributed by atoms with E-state index in [9.17, 15) is 10.1 Å². The number of rotatable bonds is 7. The molecule has 1 aromatic carbocycles. The highest BCUT2D eigenvalue weighted by atomic mass is 16.2. The quantitative estimate of drug-likeness (QED) is 0.765. The molecule has 22 heavy (non-hydrogen) atoms. The van der Waals surface area contributed by atoms with Crippen molar-refractivity contribution < 1.29 is 4.79 Å². The second-order valence-electron chi connectivity index (χ2n) is 6.09. The molecule has 1 atom stereocenters. The molecule has 3 heteroatoms. The number of carbonyl (C=O) groups excluding carboxylic acids is 1. The first-order valence-corrected chi connectivity index (χ1v) is 8.19. The monoisotopic (exact) mass is 300 g/mol. The predicted molar refractivity (Wildman–Crippen MR) is 90.6 cm³/mol. The Balaban J connectivity index is 2.98. The lowest BCUT2D eigenvalue weighted by Crippen LogP contribution is -2.37. The first-order valence-electron chi connectivity index (χ1n) is 8.19. The van der Waals surface area contributed by atoms with Crippen molar-refractivity contribution in [2.24, 2.45) is 5.92 Å². The smallest absolute Gasteiger partial charge is 0.240 e. The number of carbonyl (C=O) groups is 1. The zero-order valence-electron chi connectivity index (χ0n) is 14.6. The molecule has 0 radical (unpaired) electrons. The van der Waals surface area contributed by atoms with Crippen LogP contribution in [0.2, 0.25) is 0 Å². The molecule has 0 bridgehead atoms. The van der Waals surface area contributed by atoms with Crippen LogP contribution < -0.4 is 0 Å². The second kappa shape index (κ2) is 8.58. The molecule has 0 N–H and O–H groups in total. The van der Waals surface area contributed by atoms with Gasteiger partial charge in [0.1, 0.15) is 5.92 Å². The Bertz CT molecular complexity index is 528. The molecular formula is C19H28N2O. The predicted octanol–water partition coefficient (Wildman–Crippen LogP) is 3.94. The summed E-state index contributed by atoms with van der Waals surface area (Å²) in [6.45, 7) is 11.8.